The first-order valence-corrected chi connectivity index (χ1v) is 10.7. The number of amides is 1. The fourth-order valence-electron chi connectivity index (χ4n) is 4.52. The highest BCUT2D eigenvalue weighted by Crippen LogP contribution is 2.42. The third-order valence-electron chi connectivity index (χ3n) is 6.09. The Hall–Kier alpha value is -2.08. The summed E-state index contributed by atoms with van der Waals surface area (Å²) in [5.74, 6) is 1.58. The van der Waals surface area contributed by atoms with Gasteiger partial charge in [-0.3, -0.25) is 9.59 Å². The lowest BCUT2D eigenvalue weighted by Crippen LogP contribution is -2.45. The monoisotopic (exact) mass is 403 g/mol. The van der Waals surface area contributed by atoms with E-state index in [4.69, 9.17) is 14.2 Å². The summed E-state index contributed by atoms with van der Waals surface area (Å²) in [6, 6.07) is 9.28. The molecule has 1 aliphatic carbocycles. The number of para-hydroxylation sites is 1. The molecule has 0 aromatic heterocycles. The fraction of sp³-hybridized carbons (Fsp3) is 0.652. The zero-order valence-electron chi connectivity index (χ0n) is 17.7. The van der Waals surface area contributed by atoms with Crippen molar-refractivity contribution in [2.75, 3.05) is 26.4 Å². The van der Waals surface area contributed by atoms with Crippen LogP contribution >= 0.6 is 0 Å². The maximum Gasteiger partial charge on any atom is 0.325 e. The number of benzene rings is 1. The highest BCUT2D eigenvalue weighted by molar-refractivity contribution is 5.83. The second-order valence-corrected chi connectivity index (χ2v) is 8.43. The molecule has 1 heterocycles. The van der Waals surface area contributed by atoms with E-state index in [1.807, 2.05) is 30.3 Å². The van der Waals surface area contributed by atoms with Crippen molar-refractivity contribution in [2.45, 2.75) is 52.2 Å². The van der Waals surface area contributed by atoms with Gasteiger partial charge in [0.25, 0.3) is 5.91 Å². The van der Waals surface area contributed by atoms with E-state index >= 15 is 0 Å². The lowest BCUT2D eigenvalue weighted by atomic mass is 9.85. The van der Waals surface area contributed by atoms with Crippen LogP contribution in [0.25, 0.3) is 0 Å². The molecule has 1 saturated carbocycles. The zero-order valence-corrected chi connectivity index (χ0v) is 17.7. The van der Waals surface area contributed by atoms with Gasteiger partial charge in [-0.15, -0.1) is 0 Å². The lowest BCUT2D eigenvalue weighted by Gasteiger charge is -2.34. The highest BCUT2D eigenvalue weighted by Gasteiger charge is 2.43. The molecular weight excluding hydrogens is 370 g/mol. The zero-order chi connectivity index (χ0) is 20.8. The first-order chi connectivity index (χ1) is 14.0. The first-order valence-electron chi connectivity index (χ1n) is 10.7. The van der Waals surface area contributed by atoms with E-state index in [0.717, 1.165) is 25.9 Å². The molecule has 0 bridgehead atoms. The number of ether oxygens (including phenoxy) is 3. The molecule has 4 atom stereocenters. The van der Waals surface area contributed by atoms with Crippen LogP contribution < -0.4 is 4.74 Å². The predicted molar refractivity (Wildman–Crippen MR) is 109 cm³/mol. The largest absolute Gasteiger partial charge is 0.484 e. The lowest BCUT2D eigenvalue weighted by molar-refractivity contribution is -0.151. The van der Waals surface area contributed by atoms with Crippen molar-refractivity contribution in [1.82, 2.24) is 4.90 Å². The third-order valence-corrected chi connectivity index (χ3v) is 6.09. The van der Waals surface area contributed by atoms with Gasteiger partial charge in [0.05, 0.1) is 19.3 Å². The van der Waals surface area contributed by atoms with Gasteiger partial charge in [-0.25, -0.2) is 0 Å². The Kier molecular flexibility index (Phi) is 7.53. The summed E-state index contributed by atoms with van der Waals surface area (Å²) in [7, 11) is 0. The Morgan fingerprint density at radius 1 is 1.14 bits per heavy atom. The summed E-state index contributed by atoms with van der Waals surface area (Å²) in [5.41, 5.74) is 0. The van der Waals surface area contributed by atoms with E-state index < -0.39 is 0 Å². The van der Waals surface area contributed by atoms with Gasteiger partial charge in [-0.2, -0.15) is 0 Å². The molecule has 0 unspecified atom stereocenters. The smallest absolute Gasteiger partial charge is 0.325 e. The number of fused-ring (bicyclic) bond motifs is 1. The summed E-state index contributed by atoms with van der Waals surface area (Å²) in [4.78, 5) is 26.8. The Morgan fingerprint density at radius 2 is 1.86 bits per heavy atom. The van der Waals surface area contributed by atoms with Crippen molar-refractivity contribution in [3.63, 3.8) is 0 Å². The molecule has 1 amide bonds. The normalized spacial score (nSPS) is 26.1. The van der Waals surface area contributed by atoms with E-state index in [2.05, 4.69) is 13.8 Å². The summed E-state index contributed by atoms with van der Waals surface area (Å²) in [6.07, 6.45) is 3.09. The maximum atomic E-state index is 13.0. The number of hydrogen-bond acceptors (Lipinski definition) is 5. The molecule has 1 saturated heterocycles. The van der Waals surface area contributed by atoms with Crippen LogP contribution in [0.4, 0.5) is 0 Å². The maximum absolute atomic E-state index is 13.0. The Bertz CT molecular complexity index is 677. The van der Waals surface area contributed by atoms with Crippen molar-refractivity contribution in [3.05, 3.63) is 30.3 Å². The Labute approximate surface area is 173 Å². The fourth-order valence-corrected chi connectivity index (χ4v) is 4.52. The van der Waals surface area contributed by atoms with Crippen molar-refractivity contribution in [3.8, 4) is 5.75 Å². The molecule has 1 aromatic carbocycles. The number of nitrogens with zero attached hydrogens (tertiary/aromatic N) is 1. The van der Waals surface area contributed by atoms with Gasteiger partial charge < -0.3 is 19.1 Å². The predicted octanol–water partition coefficient (Wildman–Crippen LogP) is 3.30. The third kappa shape index (κ3) is 5.72. The van der Waals surface area contributed by atoms with Crippen LogP contribution in [0, 0.1) is 17.8 Å². The standard InChI is InChI=1S/C23H33NO5/c1-4-27-23(26)13-24(22(25)15-28-20-8-6-5-7-9-20)19-10-17-12-21(16(2)3)29-14-18(17)11-19/h5-9,16-19,21H,4,10-15H2,1-3H3/t17-,18+,19-,21-/m0/s1. The molecule has 0 radical (unpaired) electrons. The second-order valence-electron chi connectivity index (χ2n) is 8.43. The van der Waals surface area contributed by atoms with Crippen molar-refractivity contribution in [1.29, 1.82) is 0 Å². The van der Waals surface area contributed by atoms with Crippen molar-refractivity contribution in [2.24, 2.45) is 17.8 Å². The first kappa shape index (κ1) is 21.6. The number of esters is 1. The van der Waals surface area contributed by atoms with Gasteiger partial charge in [0.1, 0.15) is 12.3 Å². The Morgan fingerprint density at radius 3 is 2.55 bits per heavy atom. The molecule has 6 heteroatoms. The second kappa shape index (κ2) is 10.1. The summed E-state index contributed by atoms with van der Waals surface area (Å²) < 4.78 is 16.8. The van der Waals surface area contributed by atoms with Gasteiger partial charge in [-0.1, -0.05) is 32.0 Å². The van der Waals surface area contributed by atoms with Gasteiger partial charge in [0.2, 0.25) is 0 Å². The van der Waals surface area contributed by atoms with E-state index in [0.29, 0.717) is 30.1 Å². The van der Waals surface area contributed by atoms with Crippen molar-refractivity contribution < 1.29 is 23.8 Å². The van der Waals surface area contributed by atoms with E-state index in [-0.39, 0.29) is 37.2 Å². The van der Waals surface area contributed by atoms with Gasteiger partial charge >= 0.3 is 5.97 Å². The summed E-state index contributed by atoms with van der Waals surface area (Å²) in [6.45, 7) is 7.09. The number of carbonyl (C=O) groups is 2. The molecule has 0 spiro atoms. The van der Waals surface area contributed by atoms with Crippen molar-refractivity contribution >= 4 is 11.9 Å². The molecule has 2 aliphatic rings. The minimum atomic E-state index is -0.369. The van der Waals surface area contributed by atoms with Crippen LogP contribution in [0.3, 0.4) is 0 Å². The number of hydrogen-bond donors (Lipinski definition) is 0. The summed E-state index contributed by atoms with van der Waals surface area (Å²) >= 11 is 0. The summed E-state index contributed by atoms with van der Waals surface area (Å²) in [5, 5.41) is 0. The van der Waals surface area contributed by atoms with Gasteiger partial charge in [0, 0.05) is 6.04 Å². The van der Waals surface area contributed by atoms with Crippen LogP contribution in [0.15, 0.2) is 30.3 Å². The quantitative estimate of drug-likeness (QED) is 0.623. The topological polar surface area (TPSA) is 65.1 Å². The molecule has 2 fully saturated rings. The minimum Gasteiger partial charge on any atom is -0.484 e. The van der Waals surface area contributed by atoms with Crippen LogP contribution in [-0.2, 0) is 19.1 Å². The minimum absolute atomic E-state index is 0.0239. The van der Waals surface area contributed by atoms with E-state index in [1.54, 1.807) is 11.8 Å². The highest BCUT2D eigenvalue weighted by atomic mass is 16.5. The molecule has 6 nitrogen and oxygen atoms in total. The van der Waals surface area contributed by atoms with Gasteiger partial charge in [-0.05, 0) is 56.1 Å². The molecule has 1 aliphatic heterocycles. The van der Waals surface area contributed by atoms with E-state index in [1.165, 1.54) is 0 Å². The van der Waals surface area contributed by atoms with Crippen LogP contribution in [0.1, 0.15) is 40.0 Å². The van der Waals surface area contributed by atoms with E-state index in [9.17, 15) is 9.59 Å². The number of carbonyl (C=O) groups excluding carboxylic acids is 2. The van der Waals surface area contributed by atoms with Gasteiger partial charge in [0.15, 0.2) is 6.61 Å². The molecule has 29 heavy (non-hydrogen) atoms. The van der Waals surface area contributed by atoms with Crippen LogP contribution in [0.2, 0.25) is 0 Å². The SMILES string of the molecule is CCOC(=O)CN(C(=O)COc1ccccc1)[C@@H]1C[C@@H]2CO[C@H](C(C)C)C[C@@H]2C1. The average molecular weight is 404 g/mol. The molecular formula is C23H33NO5. The number of rotatable bonds is 8. The van der Waals surface area contributed by atoms with Crippen LogP contribution in [0.5, 0.6) is 5.75 Å². The average Bonchev–Trinajstić information content (AvgIpc) is 3.14. The Balaban J connectivity index is 1.65. The molecule has 3 rings (SSSR count). The molecule has 0 N–H and O–H groups in total. The molecule has 1 aromatic rings. The van der Waals surface area contributed by atoms with Crippen LogP contribution in [-0.4, -0.2) is 55.3 Å². The molecule has 160 valence electrons.